The number of benzene rings is 1. The van der Waals surface area contributed by atoms with Gasteiger partial charge in [0.2, 0.25) is 0 Å². The van der Waals surface area contributed by atoms with Crippen LogP contribution in [-0.4, -0.2) is 22.0 Å². The summed E-state index contributed by atoms with van der Waals surface area (Å²) in [6.07, 6.45) is 0.896. The molecule has 0 fully saturated rings. The van der Waals surface area contributed by atoms with Gasteiger partial charge >= 0.3 is 0 Å². The summed E-state index contributed by atoms with van der Waals surface area (Å²) in [5.74, 6) is 0. The summed E-state index contributed by atoms with van der Waals surface area (Å²) < 4.78 is 12.3. The molecule has 17 heavy (non-hydrogen) atoms. The van der Waals surface area contributed by atoms with Crippen LogP contribution in [0.4, 0.5) is 0 Å². The molecule has 1 rings (SSSR count). The Morgan fingerprint density at radius 2 is 2.12 bits per heavy atom. The fourth-order valence-corrected chi connectivity index (χ4v) is 3.48. The van der Waals surface area contributed by atoms with Crippen LogP contribution in [-0.2, 0) is 10.8 Å². The van der Waals surface area contributed by atoms with Crippen molar-refractivity contribution in [2.45, 2.75) is 43.4 Å². The highest BCUT2D eigenvalue weighted by Gasteiger charge is 2.16. The van der Waals surface area contributed by atoms with E-state index in [0.29, 0.717) is 11.1 Å². The van der Waals surface area contributed by atoms with Gasteiger partial charge < -0.3 is 5.32 Å². The lowest BCUT2D eigenvalue weighted by atomic mass is 10.2. The zero-order chi connectivity index (χ0) is 12.8. The minimum Gasteiger partial charge on any atom is -0.314 e. The molecule has 0 radical (unpaired) electrons. The van der Waals surface area contributed by atoms with Gasteiger partial charge in [-0.05, 0) is 38.1 Å². The van der Waals surface area contributed by atoms with Crippen molar-refractivity contribution in [2.24, 2.45) is 0 Å². The maximum atomic E-state index is 12.3. The molecule has 3 unspecified atom stereocenters. The Hall–Kier alpha value is -0.380. The van der Waals surface area contributed by atoms with Gasteiger partial charge in [-0.2, -0.15) is 0 Å². The molecule has 0 saturated heterocycles. The number of nitrogens with one attached hydrogen (secondary N) is 1. The molecule has 0 spiro atoms. The molecule has 0 aliphatic rings. The molecule has 1 aromatic carbocycles. The lowest BCUT2D eigenvalue weighted by Gasteiger charge is -2.17. The summed E-state index contributed by atoms with van der Waals surface area (Å²) >= 11 is 5.90. The Kier molecular flexibility index (Phi) is 6.17. The molecule has 0 aliphatic carbocycles. The van der Waals surface area contributed by atoms with Crippen LogP contribution in [0.2, 0.25) is 5.02 Å². The van der Waals surface area contributed by atoms with Crippen LogP contribution >= 0.6 is 11.6 Å². The second kappa shape index (κ2) is 7.14. The van der Waals surface area contributed by atoms with E-state index in [2.05, 4.69) is 19.2 Å². The molecule has 0 heterocycles. The molecule has 1 aromatic rings. The lowest BCUT2D eigenvalue weighted by Crippen LogP contribution is -2.30. The van der Waals surface area contributed by atoms with E-state index >= 15 is 0 Å². The molecule has 0 amide bonds. The van der Waals surface area contributed by atoms with Gasteiger partial charge in [0.1, 0.15) is 0 Å². The van der Waals surface area contributed by atoms with E-state index in [1.807, 2.05) is 19.1 Å². The van der Waals surface area contributed by atoms with Crippen LogP contribution < -0.4 is 5.32 Å². The molecule has 4 heteroatoms. The van der Waals surface area contributed by atoms with E-state index in [0.717, 1.165) is 17.9 Å². The summed E-state index contributed by atoms with van der Waals surface area (Å²) in [4.78, 5) is 0.814. The topological polar surface area (TPSA) is 29.1 Å². The van der Waals surface area contributed by atoms with Crippen molar-refractivity contribution in [3.63, 3.8) is 0 Å². The SMILES string of the molecule is CCNC(C)CC(C)S(=O)c1cccc(Cl)c1. The van der Waals surface area contributed by atoms with Crippen LogP contribution in [0.25, 0.3) is 0 Å². The highest BCUT2D eigenvalue weighted by molar-refractivity contribution is 7.85. The summed E-state index contributed by atoms with van der Waals surface area (Å²) in [5, 5.41) is 4.10. The van der Waals surface area contributed by atoms with Crippen molar-refractivity contribution >= 4 is 22.4 Å². The van der Waals surface area contributed by atoms with Crippen LogP contribution in [0.5, 0.6) is 0 Å². The van der Waals surface area contributed by atoms with Gasteiger partial charge in [0.15, 0.2) is 0 Å². The second-order valence-electron chi connectivity index (χ2n) is 4.26. The summed E-state index contributed by atoms with van der Waals surface area (Å²) in [5.41, 5.74) is 0. The first-order valence-corrected chi connectivity index (χ1v) is 7.53. The minimum atomic E-state index is -0.987. The highest BCUT2D eigenvalue weighted by Crippen LogP contribution is 2.18. The Balaban J connectivity index is 2.63. The normalized spacial score (nSPS) is 16.5. The quantitative estimate of drug-likeness (QED) is 0.862. The fraction of sp³-hybridized carbons (Fsp3) is 0.538. The van der Waals surface area contributed by atoms with Crippen LogP contribution in [0, 0.1) is 0 Å². The fourth-order valence-electron chi connectivity index (χ4n) is 1.84. The maximum Gasteiger partial charge on any atom is 0.0559 e. The van der Waals surface area contributed by atoms with Crippen LogP contribution in [0.3, 0.4) is 0 Å². The van der Waals surface area contributed by atoms with Gasteiger partial charge in [-0.15, -0.1) is 0 Å². The largest absolute Gasteiger partial charge is 0.314 e. The molecule has 96 valence electrons. The third-order valence-electron chi connectivity index (χ3n) is 2.63. The molecular formula is C13H20ClNOS. The maximum absolute atomic E-state index is 12.3. The molecule has 0 bridgehead atoms. The predicted octanol–water partition coefficient (Wildman–Crippen LogP) is 3.22. The first-order chi connectivity index (χ1) is 8.04. The summed E-state index contributed by atoms with van der Waals surface area (Å²) in [6.45, 7) is 7.16. The van der Waals surface area contributed by atoms with Crippen molar-refractivity contribution in [1.82, 2.24) is 5.32 Å². The first kappa shape index (κ1) is 14.7. The van der Waals surface area contributed by atoms with Crippen molar-refractivity contribution < 1.29 is 4.21 Å². The zero-order valence-electron chi connectivity index (χ0n) is 10.6. The summed E-state index contributed by atoms with van der Waals surface area (Å²) in [6, 6.07) is 7.69. The van der Waals surface area contributed by atoms with Crippen LogP contribution in [0.1, 0.15) is 27.2 Å². The molecule has 2 nitrogen and oxygen atoms in total. The molecule has 1 N–H and O–H groups in total. The lowest BCUT2D eigenvalue weighted by molar-refractivity contribution is 0.524. The predicted molar refractivity (Wildman–Crippen MR) is 75.1 cm³/mol. The number of hydrogen-bond acceptors (Lipinski definition) is 2. The first-order valence-electron chi connectivity index (χ1n) is 5.94. The Morgan fingerprint density at radius 3 is 2.71 bits per heavy atom. The van der Waals surface area contributed by atoms with Gasteiger partial charge in [0.25, 0.3) is 0 Å². The van der Waals surface area contributed by atoms with E-state index in [4.69, 9.17) is 11.6 Å². The van der Waals surface area contributed by atoms with Crippen molar-refractivity contribution in [1.29, 1.82) is 0 Å². The van der Waals surface area contributed by atoms with Crippen molar-refractivity contribution in [3.8, 4) is 0 Å². The molecule has 0 saturated carbocycles. The zero-order valence-corrected chi connectivity index (χ0v) is 12.1. The van der Waals surface area contributed by atoms with Crippen molar-refractivity contribution in [2.75, 3.05) is 6.54 Å². The van der Waals surface area contributed by atoms with Gasteiger partial charge in [0, 0.05) is 21.2 Å². The molecular weight excluding hydrogens is 254 g/mol. The smallest absolute Gasteiger partial charge is 0.0559 e. The molecule has 0 aromatic heterocycles. The van der Waals surface area contributed by atoms with E-state index in [-0.39, 0.29) is 5.25 Å². The third-order valence-corrected chi connectivity index (χ3v) is 4.51. The standard InChI is InChI=1S/C13H20ClNOS/c1-4-15-10(2)8-11(3)17(16)13-7-5-6-12(14)9-13/h5-7,9-11,15H,4,8H2,1-3H3. The van der Waals surface area contributed by atoms with E-state index < -0.39 is 10.8 Å². The average Bonchev–Trinajstić information content (AvgIpc) is 2.28. The average molecular weight is 274 g/mol. The third kappa shape index (κ3) is 4.78. The number of hydrogen-bond donors (Lipinski definition) is 1. The van der Waals surface area contributed by atoms with E-state index in [1.54, 1.807) is 12.1 Å². The Morgan fingerprint density at radius 1 is 1.41 bits per heavy atom. The second-order valence-corrected chi connectivity index (χ2v) is 6.57. The Bertz CT molecular complexity index is 383. The van der Waals surface area contributed by atoms with Gasteiger partial charge in [-0.1, -0.05) is 31.5 Å². The van der Waals surface area contributed by atoms with Crippen molar-refractivity contribution in [3.05, 3.63) is 29.3 Å². The molecule has 0 aliphatic heterocycles. The number of rotatable bonds is 6. The number of halogens is 1. The van der Waals surface area contributed by atoms with Crippen LogP contribution in [0.15, 0.2) is 29.2 Å². The summed E-state index contributed by atoms with van der Waals surface area (Å²) in [7, 11) is -0.987. The van der Waals surface area contributed by atoms with E-state index in [9.17, 15) is 4.21 Å². The monoisotopic (exact) mass is 273 g/mol. The van der Waals surface area contributed by atoms with Gasteiger partial charge in [-0.25, -0.2) is 0 Å². The van der Waals surface area contributed by atoms with Gasteiger partial charge in [0.05, 0.1) is 10.8 Å². The van der Waals surface area contributed by atoms with Gasteiger partial charge in [-0.3, -0.25) is 4.21 Å². The van der Waals surface area contributed by atoms with E-state index in [1.165, 1.54) is 0 Å². The minimum absolute atomic E-state index is 0.127. The molecule has 3 atom stereocenters. The Labute approximate surface area is 111 Å². The highest BCUT2D eigenvalue weighted by atomic mass is 35.5.